The Bertz CT molecular complexity index is 628. The number of esters is 1. The molecule has 1 aromatic carbocycles. The molecule has 0 bridgehead atoms. The molecule has 132 valence electrons. The molecule has 0 amide bonds. The summed E-state index contributed by atoms with van der Waals surface area (Å²) in [5.74, 6) is 0.388. The summed E-state index contributed by atoms with van der Waals surface area (Å²) in [6.45, 7) is 6.17. The van der Waals surface area contributed by atoms with Crippen molar-refractivity contribution in [1.82, 2.24) is 0 Å². The predicted octanol–water partition coefficient (Wildman–Crippen LogP) is 4.35. The Labute approximate surface area is 159 Å². The summed E-state index contributed by atoms with van der Waals surface area (Å²) in [5, 5.41) is 9.79. The number of rotatable bonds is 8. The van der Waals surface area contributed by atoms with Crippen LogP contribution in [0.25, 0.3) is 0 Å². The average molecular weight is 463 g/mol. The second-order valence-electron chi connectivity index (χ2n) is 5.09. The topological polar surface area (TPSA) is 68.5 Å². The lowest BCUT2D eigenvalue weighted by molar-refractivity contribution is -0.147. The van der Waals surface area contributed by atoms with Crippen molar-refractivity contribution in [2.24, 2.45) is 0 Å². The first-order valence-electron chi connectivity index (χ1n) is 7.62. The van der Waals surface area contributed by atoms with Crippen LogP contribution in [0.1, 0.15) is 32.8 Å². The molecular formula is C17H21Br2NO4. The molecule has 0 aliphatic heterocycles. The summed E-state index contributed by atoms with van der Waals surface area (Å²) >= 11 is 6.83. The minimum atomic E-state index is -1.49. The van der Waals surface area contributed by atoms with Crippen molar-refractivity contribution in [3.63, 3.8) is 0 Å². The second-order valence-corrected chi connectivity index (χ2v) is 7.32. The highest BCUT2D eigenvalue weighted by Crippen LogP contribution is 2.42. The van der Waals surface area contributed by atoms with Gasteiger partial charge in [-0.1, -0.05) is 29.8 Å². The summed E-state index contributed by atoms with van der Waals surface area (Å²) < 4.78 is 16.8. The first-order valence-corrected chi connectivity index (χ1v) is 9.33. The Hall–Kier alpha value is -1.26. The van der Waals surface area contributed by atoms with Gasteiger partial charge in [-0.15, -0.1) is 0 Å². The number of carbonyl (C=O) groups excluding carboxylic acids is 1. The van der Waals surface area contributed by atoms with Crippen LogP contribution in [0.4, 0.5) is 0 Å². The van der Waals surface area contributed by atoms with E-state index in [4.69, 9.17) is 14.2 Å². The van der Waals surface area contributed by atoms with E-state index in [1.165, 1.54) is 7.11 Å². The van der Waals surface area contributed by atoms with Crippen LogP contribution in [0.5, 0.6) is 11.5 Å². The molecule has 1 aromatic rings. The maximum absolute atomic E-state index is 12.5. The van der Waals surface area contributed by atoms with Crippen LogP contribution in [0.15, 0.2) is 16.6 Å². The Morgan fingerprint density at radius 3 is 2.54 bits per heavy atom. The first kappa shape index (κ1) is 20.8. The molecule has 1 rings (SSSR count). The van der Waals surface area contributed by atoms with E-state index in [2.05, 4.69) is 37.9 Å². The zero-order valence-electron chi connectivity index (χ0n) is 14.2. The van der Waals surface area contributed by atoms with Gasteiger partial charge >= 0.3 is 5.97 Å². The van der Waals surface area contributed by atoms with Crippen molar-refractivity contribution in [1.29, 1.82) is 5.26 Å². The third kappa shape index (κ3) is 4.04. The number of hydrogen-bond donors (Lipinski definition) is 0. The fourth-order valence-corrected chi connectivity index (χ4v) is 3.36. The minimum Gasteiger partial charge on any atom is -0.493 e. The molecule has 0 N–H and O–H groups in total. The highest BCUT2D eigenvalue weighted by Gasteiger charge is 2.47. The van der Waals surface area contributed by atoms with Gasteiger partial charge in [-0.2, -0.15) is 5.26 Å². The zero-order valence-corrected chi connectivity index (χ0v) is 17.4. The van der Waals surface area contributed by atoms with Gasteiger partial charge in [0, 0.05) is 4.83 Å². The zero-order chi connectivity index (χ0) is 18.3. The lowest BCUT2D eigenvalue weighted by Gasteiger charge is -2.28. The second kappa shape index (κ2) is 9.28. The highest BCUT2D eigenvalue weighted by molar-refractivity contribution is 9.10. The molecule has 2 atom stereocenters. The van der Waals surface area contributed by atoms with Crippen LogP contribution in [0.3, 0.4) is 0 Å². The number of nitriles is 1. The highest BCUT2D eigenvalue weighted by atomic mass is 79.9. The third-order valence-electron chi connectivity index (χ3n) is 3.51. The van der Waals surface area contributed by atoms with Gasteiger partial charge in [0.15, 0.2) is 16.9 Å². The third-order valence-corrected chi connectivity index (χ3v) is 4.78. The summed E-state index contributed by atoms with van der Waals surface area (Å²) in [7, 11) is 1.51. The van der Waals surface area contributed by atoms with Gasteiger partial charge < -0.3 is 14.2 Å². The van der Waals surface area contributed by atoms with E-state index in [0.29, 0.717) is 28.1 Å². The SMILES string of the molecule is CCCOc1c(Br)cc(C(C#N)(C(=O)OCC)C(C)Br)cc1OC. The van der Waals surface area contributed by atoms with Gasteiger partial charge in [0.1, 0.15) is 0 Å². The number of halogens is 2. The van der Waals surface area contributed by atoms with E-state index in [1.807, 2.05) is 6.92 Å². The van der Waals surface area contributed by atoms with Crippen molar-refractivity contribution in [2.45, 2.75) is 37.4 Å². The molecule has 24 heavy (non-hydrogen) atoms. The molecule has 0 aliphatic carbocycles. The molecular weight excluding hydrogens is 442 g/mol. The lowest BCUT2D eigenvalue weighted by atomic mass is 9.79. The molecule has 0 saturated heterocycles. The van der Waals surface area contributed by atoms with Gasteiger partial charge in [0.05, 0.1) is 30.9 Å². The number of nitrogens with zero attached hydrogens (tertiary/aromatic N) is 1. The normalized spacial score (nSPS) is 14.2. The maximum Gasteiger partial charge on any atom is 0.332 e. The Morgan fingerprint density at radius 2 is 2.08 bits per heavy atom. The fourth-order valence-electron chi connectivity index (χ4n) is 2.25. The van der Waals surface area contributed by atoms with E-state index in [1.54, 1.807) is 26.0 Å². The van der Waals surface area contributed by atoms with Gasteiger partial charge in [0.25, 0.3) is 0 Å². The number of alkyl halides is 1. The van der Waals surface area contributed by atoms with E-state index in [9.17, 15) is 10.1 Å². The molecule has 0 saturated carbocycles. The van der Waals surface area contributed by atoms with E-state index >= 15 is 0 Å². The summed E-state index contributed by atoms with van der Waals surface area (Å²) in [6.07, 6.45) is 0.848. The van der Waals surface area contributed by atoms with Crippen LogP contribution < -0.4 is 9.47 Å². The van der Waals surface area contributed by atoms with E-state index in [-0.39, 0.29) is 6.61 Å². The minimum absolute atomic E-state index is 0.192. The Morgan fingerprint density at radius 1 is 1.42 bits per heavy atom. The van der Waals surface area contributed by atoms with Crippen molar-refractivity contribution in [2.75, 3.05) is 20.3 Å². The Kier molecular flexibility index (Phi) is 8.04. The molecule has 0 aliphatic rings. The van der Waals surface area contributed by atoms with Crippen LogP contribution in [-0.4, -0.2) is 31.1 Å². The van der Waals surface area contributed by atoms with Crippen molar-refractivity contribution in [3.8, 4) is 17.6 Å². The largest absolute Gasteiger partial charge is 0.493 e. The van der Waals surface area contributed by atoms with Crippen LogP contribution in [0.2, 0.25) is 0 Å². The van der Waals surface area contributed by atoms with E-state index in [0.717, 1.165) is 6.42 Å². The average Bonchev–Trinajstić information content (AvgIpc) is 2.54. The first-order chi connectivity index (χ1) is 11.4. The van der Waals surface area contributed by atoms with Gasteiger partial charge in [0.2, 0.25) is 0 Å². The Balaban J connectivity index is 3.53. The lowest BCUT2D eigenvalue weighted by Crippen LogP contribution is -2.42. The molecule has 5 nitrogen and oxygen atoms in total. The number of hydrogen-bond acceptors (Lipinski definition) is 5. The fraction of sp³-hybridized carbons (Fsp3) is 0.529. The van der Waals surface area contributed by atoms with E-state index < -0.39 is 16.2 Å². The monoisotopic (exact) mass is 461 g/mol. The van der Waals surface area contributed by atoms with Gasteiger partial charge in [-0.05, 0) is 47.0 Å². The van der Waals surface area contributed by atoms with Gasteiger partial charge in [-0.3, -0.25) is 0 Å². The standard InChI is InChI=1S/C17H21Br2NO4/c1-5-7-24-15-13(19)8-12(9-14(15)22-4)17(10-20,11(3)18)16(21)23-6-2/h8-9,11H,5-7H2,1-4H3. The van der Waals surface area contributed by atoms with Crippen LogP contribution in [-0.2, 0) is 14.9 Å². The van der Waals surface area contributed by atoms with Gasteiger partial charge in [-0.25, -0.2) is 4.79 Å². The quantitative estimate of drug-likeness (QED) is 0.424. The molecule has 0 spiro atoms. The molecule has 7 heteroatoms. The number of ether oxygens (including phenoxy) is 3. The summed E-state index contributed by atoms with van der Waals surface area (Å²) in [6, 6.07) is 5.46. The smallest absolute Gasteiger partial charge is 0.332 e. The number of benzene rings is 1. The van der Waals surface area contributed by atoms with Crippen molar-refractivity contribution < 1.29 is 19.0 Å². The predicted molar refractivity (Wildman–Crippen MR) is 98.8 cm³/mol. The van der Waals surface area contributed by atoms with Crippen molar-refractivity contribution >= 4 is 37.8 Å². The van der Waals surface area contributed by atoms with Crippen LogP contribution in [0, 0.1) is 11.3 Å². The number of methoxy groups -OCH3 is 1. The molecule has 0 heterocycles. The molecule has 2 unspecified atom stereocenters. The maximum atomic E-state index is 12.5. The summed E-state index contributed by atoms with van der Waals surface area (Å²) in [4.78, 5) is 12.1. The number of carbonyl (C=O) groups is 1. The molecule has 0 radical (unpaired) electrons. The summed E-state index contributed by atoms with van der Waals surface area (Å²) in [5.41, 5.74) is -1.02. The molecule has 0 aromatic heterocycles. The van der Waals surface area contributed by atoms with Crippen LogP contribution >= 0.6 is 31.9 Å². The molecule has 0 fully saturated rings. The van der Waals surface area contributed by atoms with Crippen molar-refractivity contribution in [3.05, 3.63) is 22.2 Å².